The van der Waals surface area contributed by atoms with Crippen molar-refractivity contribution < 1.29 is 4.79 Å². The lowest BCUT2D eigenvalue weighted by molar-refractivity contribution is -0.116. The molecule has 1 amide bonds. The number of aromatic nitrogens is 3. The van der Waals surface area contributed by atoms with E-state index in [0.29, 0.717) is 5.13 Å². The summed E-state index contributed by atoms with van der Waals surface area (Å²) in [5.41, 5.74) is 3.68. The van der Waals surface area contributed by atoms with E-state index in [4.69, 9.17) is 0 Å². The number of benzene rings is 2. The number of carbonyl (C=O) groups is 1. The van der Waals surface area contributed by atoms with Crippen LogP contribution in [0.3, 0.4) is 0 Å². The molecule has 0 fully saturated rings. The van der Waals surface area contributed by atoms with Crippen LogP contribution in [0.2, 0.25) is 0 Å². The van der Waals surface area contributed by atoms with Gasteiger partial charge in [0.15, 0.2) is 5.13 Å². The average Bonchev–Trinajstić information content (AvgIpc) is 3.23. The minimum Gasteiger partial charge on any atom is -0.321 e. The highest BCUT2D eigenvalue weighted by Crippen LogP contribution is 2.26. The monoisotopic (exact) mass is 412 g/mol. The fourth-order valence-electron chi connectivity index (χ4n) is 2.53. The minimum atomic E-state index is -0.125. The third-order valence-electron chi connectivity index (χ3n) is 3.73. The maximum Gasteiger partial charge on any atom is 0.246 e. The molecule has 0 aliphatic heterocycles. The molecule has 2 aromatic heterocycles. The zero-order valence-electron chi connectivity index (χ0n) is 13.0. The number of thiazole rings is 1. The molecule has 0 atom stereocenters. The fraction of sp³-hybridized carbons (Fsp3) is 0.0556. The number of carbonyl (C=O) groups excluding carboxylic acids is 1. The van der Waals surface area contributed by atoms with E-state index in [1.807, 2.05) is 58.5 Å². The Labute approximate surface area is 156 Å². The second kappa shape index (κ2) is 6.78. The van der Waals surface area contributed by atoms with Gasteiger partial charge in [-0.3, -0.25) is 4.79 Å². The van der Waals surface area contributed by atoms with Gasteiger partial charge in [0.25, 0.3) is 0 Å². The number of anilines is 1. The van der Waals surface area contributed by atoms with Crippen LogP contribution in [0.15, 0.2) is 64.7 Å². The van der Waals surface area contributed by atoms with Crippen LogP contribution in [0.25, 0.3) is 22.3 Å². The summed E-state index contributed by atoms with van der Waals surface area (Å²) in [5.74, 6) is -0.125. The van der Waals surface area contributed by atoms with Crippen LogP contribution >= 0.6 is 27.3 Å². The average molecular weight is 413 g/mol. The molecule has 25 heavy (non-hydrogen) atoms. The highest BCUT2D eigenvalue weighted by atomic mass is 79.9. The van der Waals surface area contributed by atoms with Gasteiger partial charge in [0.1, 0.15) is 6.54 Å². The molecule has 2 aromatic carbocycles. The SMILES string of the molecule is O=C(Cn1cnc2ccccc21)Nc1nc(-c2ccc(Br)cc2)cs1. The molecule has 0 aliphatic rings. The highest BCUT2D eigenvalue weighted by Gasteiger charge is 2.10. The second-order valence-corrected chi connectivity index (χ2v) is 7.23. The first-order valence-electron chi connectivity index (χ1n) is 7.60. The third kappa shape index (κ3) is 3.47. The smallest absolute Gasteiger partial charge is 0.246 e. The summed E-state index contributed by atoms with van der Waals surface area (Å²) in [6, 6.07) is 15.7. The molecule has 1 N–H and O–H groups in total. The van der Waals surface area contributed by atoms with Gasteiger partial charge >= 0.3 is 0 Å². The number of para-hydroxylation sites is 2. The van der Waals surface area contributed by atoms with Gasteiger partial charge in [-0.05, 0) is 24.3 Å². The Morgan fingerprint density at radius 3 is 2.80 bits per heavy atom. The lowest BCUT2D eigenvalue weighted by atomic mass is 10.2. The first-order valence-corrected chi connectivity index (χ1v) is 9.27. The van der Waals surface area contributed by atoms with Crippen LogP contribution in [0.1, 0.15) is 0 Å². The maximum absolute atomic E-state index is 12.3. The number of halogens is 1. The van der Waals surface area contributed by atoms with Gasteiger partial charge in [0.05, 0.1) is 23.1 Å². The molecule has 5 nitrogen and oxygen atoms in total. The molecule has 0 bridgehead atoms. The lowest BCUT2D eigenvalue weighted by Crippen LogP contribution is -2.18. The molecular weight excluding hydrogens is 400 g/mol. The number of hydrogen-bond donors (Lipinski definition) is 1. The van der Waals surface area contributed by atoms with E-state index in [2.05, 4.69) is 31.2 Å². The van der Waals surface area contributed by atoms with E-state index in [1.54, 1.807) is 6.33 Å². The van der Waals surface area contributed by atoms with Crippen molar-refractivity contribution in [2.24, 2.45) is 0 Å². The molecule has 0 radical (unpaired) electrons. The zero-order valence-corrected chi connectivity index (χ0v) is 15.4. The third-order valence-corrected chi connectivity index (χ3v) is 5.02. The van der Waals surface area contributed by atoms with E-state index >= 15 is 0 Å². The summed E-state index contributed by atoms with van der Waals surface area (Å²) in [7, 11) is 0. The maximum atomic E-state index is 12.3. The van der Waals surface area contributed by atoms with Crippen LogP contribution < -0.4 is 5.32 Å². The molecular formula is C18H13BrN4OS. The molecule has 0 saturated carbocycles. The summed E-state index contributed by atoms with van der Waals surface area (Å²) in [4.78, 5) is 21.1. The summed E-state index contributed by atoms with van der Waals surface area (Å²) in [6.45, 7) is 0.202. The standard InChI is InChI=1S/C18H13BrN4OS/c19-13-7-5-12(6-8-13)15-10-25-18(21-15)22-17(24)9-23-11-20-14-3-1-2-4-16(14)23/h1-8,10-11H,9H2,(H,21,22,24). The predicted molar refractivity (Wildman–Crippen MR) is 104 cm³/mol. The topological polar surface area (TPSA) is 59.8 Å². The number of fused-ring (bicyclic) bond motifs is 1. The van der Waals surface area contributed by atoms with E-state index in [-0.39, 0.29) is 12.5 Å². The summed E-state index contributed by atoms with van der Waals surface area (Å²) < 4.78 is 2.85. The summed E-state index contributed by atoms with van der Waals surface area (Å²) >= 11 is 4.83. The zero-order chi connectivity index (χ0) is 17.2. The molecule has 0 aliphatic carbocycles. The number of nitrogens with one attached hydrogen (secondary N) is 1. The van der Waals surface area contributed by atoms with Gasteiger partial charge in [0.2, 0.25) is 5.91 Å². The Morgan fingerprint density at radius 1 is 1.16 bits per heavy atom. The number of hydrogen-bond acceptors (Lipinski definition) is 4. The first kappa shape index (κ1) is 16.0. The molecule has 0 saturated heterocycles. The van der Waals surface area contributed by atoms with Crippen molar-refractivity contribution in [1.82, 2.24) is 14.5 Å². The number of amides is 1. The van der Waals surface area contributed by atoms with E-state index in [0.717, 1.165) is 26.8 Å². The van der Waals surface area contributed by atoms with Gasteiger partial charge < -0.3 is 9.88 Å². The van der Waals surface area contributed by atoms with Gasteiger partial charge in [-0.2, -0.15) is 0 Å². The van der Waals surface area contributed by atoms with Crippen molar-refractivity contribution in [3.63, 3.8) is 0 Å². The van der Waals surface area contributed by atoms with Crippen molar-refractivity contribution in [2.45, 2.75) is 6.54 Å². The fourth-order valence-corrected chi connectivity index (χ4v) is 3.53. The van der Waals surface area contributed by atoms with Gasteiger partial charge in [0, 0.05) is 15.4 Å². The van der Waals surface area contributed by atoms with Gasteiger partial charge in [-0.25, -0.2) is 9.97 Å². The van der Waals surface area contributed by atoms with Gasteiger partial charge in [-0.15, -0.1) is 11.3 Å². The molecule has 2 heterocycles. The van der Waals surface area contributed by atoms with Crippen molar-refractivity contribution in [3.8, 4) is 11.3 Å². The number of imidazole rings is 1. The molecule has 7 heteroatoms. The highest BCUT2D eigenvalue weighted by molar-refractivity contribution is 9.10. The second-order valence-electron chi connectivity index (χ2n) is 5.45. The quantitative estimate of drug-likeness (QED) is 0.534. The molecule has 0 unspecified atom stereocenters. The van der Waals surface area contributed by atoms with Crippen molar-refractivity contribution in [1.29, 1.82) is 0 Å². The Bertz CT molecular complexity index is 1040. The number of nitrogens with zero attached hydrogens (tertiary/aromatic N) is 3. The van der Waals surface area contributed by atoms with Crippen molar-refractivity contribution in [3.05, 3.63) is 64.7 Å². The largest absolute Gasteiger partial charge is 0.321 e. The van der Waals surface area contributed by atoms with E-state index in [9.17, 15) is 4.79 Å². The Hall–Kier alpha value is -2.51. The minimum absolute atomic E-state index is 0.125. The molecule has 124 valence electrons. The van der Waals surface area contributed by atoms with Crippen LogP contribution in [0.5, 0.6) is 0 Å². The number of rotatable bonds is 4. The van der Waals surface area contributed by atoms with Crippen LogP contribution in [-0.4, -0.2) is 20.4 Å². The van der Waals surface area contributed by atoms with E-state index < -0.39 is 0 Å². The predicted octanol–water partition coefficient (Wildman–Crippen LogP) is 4.56. The normalized spacial score (nSPS) is 10.9. The van der Waals surface area contributed by atoms with Gasteiger partial charge in [-0.1, -0.05) is 40.2 Å². The summed E-state index contributed by atoms with van der Waals surface area (Å²) in [6.07, 6.45) is 1.68. The van der Waals surface area contributed by atoms with E-state index in [1.165, 1.54) is 11.3 Å². The molecule has 4 aromatic rings. The van der Waals surface area contributed by atoms with Crippen molar-refractivity contribution >= 4 is 49.3 Å². The first-order chi connectivity index (χ1) is 12.2. The van der Waals surface area contributed by atoms with Crippen LogP contribution in [0.4, 0.5) is 5.13 Å². The molecule has 4 rings (SSSR count). The van der Waals surface area contributed by atoms with Crippen LogP contribution in [0, 0.1) is 0 Å². The molecule has 0 spiro atoms. The Kier molecular flexibility index (Phi) is 4.33. The lowest BCUT2D eigenvalue weighted by Gasteiger charge is -2.04. The van der Waals surface area contributed by atoms with Crippen molar-refractivity contribution in [2.75, 3.05) is 5.32 Å². The van der Waals surface area contributed by atoms with Crippen LogP contribution in [-0.2, 0) is 11.3 Å². The Morgan fingerprint density at radius 2 is 1.96 bits per heavy atom. The summed E-state index contributed by atoms with van der Waals surface area (Å²) in [5, 5.41) is 5.38. The Balaban J connectivity index is 1.47.